The maximum Gasteiger partial charge on any atom is 0.314 e. The van der Waals surface area contributed by atoms with Gasteiger partial charge in [-0.25, -0.2) is 4.79 Å². The standard InChI is InChI=1S/C15H19ClN4O3/c1-10(22-13-5-3-4-12(16)8-13)9-18-15(21)17-7-6-14-19-11(2)20-23-14/h3-5,8,10H,6-7,9H2,1-2H3,(H2,17,18,21). The predicted molar refractivity (Wildman–Crippen MR) is 85.7 cm³/mol. The first-order valence-electron chi connectivity index (χ1n) is 7.26. The number of urea groups is 1. The van der Waals surface area contributed by atoms with Gasteiger partial charge in [0.2, 0.25) is 5.89 Å². The number of aromatic nitrogens is 2. The van der Waals surface area contributed by atoms with Crippen LogP contribution >= 0.6 is 11.6 Å². The van der Waals surface area contributed by atoms with Crippen LogP contribution in [0.25, 0.3) is 0 Å². The molecule has 23 heavy (non-hydrogen) atoms. The molecule has 0 aliphatic heterocycles. The number of hydrogen-bond donors (Lipinski definition) is 2. The van der Waals surface area contributed by atoms with Crippen molar-refractivity contribution >= 4 is 17.6 Å². The number of benzene rings is 1. The summed E-state index contributed by atoms with van der Waals surface area (Å²) in [4.78, 5) is 15.7. The number of ether oxygens (including phenoxy) is 1. The van der Waals surface area contributed by atoms with Crippen molar-refractivity contribution in [1.82, 2.24) is 20.8 Å². The number of hydrogen-bond acceptors (Lipinski definition) is 5. The molecular formula is C15H19ClN4O3. The summed E-state index contributed by atoms with van der Waals surface area (Å²) in [6, 6.07) is 6.85. The zero-order valence-electron chi connectivity index (χ0n) is 13.0. The van der Waals surface area contributed by atoms with Gasteiger partial charge in [0.1, 0.15) is 11.9 Å². The highest BCUT2D eigenvalue weighted by atomic mass is 35.5. The van der Waals surface area contributed by atoms with E-state index in [2.05, 4.69) is 20.8 Å². The summed E-state index contributed by atoms with van der Waals surface area (Å²) in [6.07, 6.45) is 0.306. The summed E-state index contributed by atoms with van der Waals surface area (Å²) in [6.45, 7) is 4.39. The molecule has 8 heteroatoms. The summed E-state index contributed by atoms with van der Waals surface area (Å²) < 4.78 is 10.6. The molecule has 1 aromatic heterocycles. The van der Waals surface area contributed by atoms with Crippen LogP contribution in [-0.4, -0.2) is 35.4 Å². The molecule has 124 valence electrons. The minimum Gasteiger partial charge on any atom is -0.489 e. The fourth-order valence-electron chi connectivity index (χ4n) is 1.84. The van der Waals surface area contributed by atoms with Gasteiger partial charge in [-0.1, -0.05) is 22.8 Å². The summed E-state index contributed by atoms with van der Waals surface area (Å²) in [5, 5.41) is 9.74. The van der Waals surface area contributed by atoms with Gasteiger partial charge in [0.05, 0.1) is 6.54 Å². The average Bonchev–Trinajstić information content (AvgIpc) is 2.91. The fourth-order valence-corrected chi connectivity index (χ4v) is 2.02. The molecule has 0 radical (unpaired) electrons. The van der Waals surface area contributed by atoms with Gasteiger partial charge in [-0.15, -0.1) is 0 Å². The molecule has 1 unspecified atom stereocenters. The Morgan fingerprint density at radius 3 is 2.96 bits per heavy atom. The maximum atomic E-state index is 11.7. The molecule has 0 spiro atoms. The summed E-state index contributed by atoms with van der Waals surface area (Å²) in [5.74, 6) is 1.75. The smallest absolute Gasteiger partial charge is 0.314 e. The van der Waals surface area contributed by atoms with Gasteiger partial charge in [-0.3, -0.25) is 0 Å². The van der Waals surface area contributed by atoms with Crippen molar-refractivity contribution in [1.29, 1.82) is 0 Å². The molecule has 0 aliphatic carbocycles. The first kappa shape index (κ1) is 17.1. The molecule has 2 N–H and O–H groups in total. The molecule has 2 amide bonds. The van der Waals surface area contributed by atoms with Crippen LogP contribution < -0.4 is 15.4 Å². The third-order valence-electron chi connectivity index (χ3n) is 2.88. The van der Waals surface area contributed by atoms with E-state index in [1.807, 2.05) is 19.1 Å². The lowest BCUT2D eigenvalue weighted by molar-refractivity contribution is 0.207. The number of amides is 2. The topological polar surface area (TPSA) is 89.3 Å². The van der Waals surface area contributed by atoms with E-state index in [4.69, 9.17) is 20.9 Å². The lowest BCUT2D eigenvalue weighted by atomic mass is 10.3. The van der Waals surface area contributed by atoms with Crippen molar-refractivity contribution in [3.63, 3.8) is 0 Å². The molecule has 1 aromatic carbocycles. The van der Waals surface area contributed by atoms with Crippen LogP contribution in [0.3, 0.4) is 0 Å². The predicted octanol–water partition coefficient (Wildman–Crippen LogP) is 2.34. The number of rotatable bonds is 7. The quantitative estimate of drug-likeness (QED) is 0.808. The number of nitrogens with zero attached hydrogens (tertiary/aromatic N) is 2. The minimum atomic E-state index is -0.275. The molecule has 1 heterocycles. The Morgan fingerprint density at radius 2 is 2.26 bits per heavy atom. The highest BCUT2D eigenvalue weighted by Gasteiger charge is 2.08. The molecule has 0 aliphatic rings. The van der Waals surface area contributed by atoms with Crippen LogP contribution in [-0.2, 0) is 6.42 Å². The molecule has 0 fully saturated rings. The zero-order chi connectivity index (χ0) is 16.7. The van der Waals surface area contributed by atoms with Gasteiger partial charge < -0.3 is 19.9 Å². The van der Waals surface area contributed by atoms with Gasteiger partial charge in [0.15, 0.2) is 5.82 Å². The molecular weight excluding hydrogens is 320 g/mol. The van der Waals surface area contributed by atoms with E-state index >= 15 is 0 Å². The Kier molecular flexibility index (Phi) is 6.22. The van der Waals surface area contributed by atoms with E-state index in [0.29, 0.717) is 42.0 Å². The SMILES string of the molecule is Cc1noc(CCNC(=O)NCC(C)Oc2cccc(Cl)c2)n1. The van der Waals surface area contributed by atoms with Crippen LogP contribution in [0.5, 0.6) is 5.75 Å². The highest BCUT2D eigenvalue weighted by Crippen LogP contribution is 2.18. The number of aryl methyl sites for hydroxylation is 1. The van der Waals surface area contributed by atoms with Crippen LogP contribution in [0.15, 0.2) is 28.8 Å². The second-order valence-electron chi connectivity index (χ2n) is 5.01. The molecule has 0 bridgehead atoms. The first-order valence-corrected chi connectivity index (χ1v) is 7.64. The van der Waals surface area contributed by atoms with Crippen LogP contribution in [0.4, 0.5) is 4.79 Å². The molecule has 2 aromatic rings. The Labute approximate surface area is 139 Å². The Morgan fingerprint density at radius 1 is 1.43 bits per heavy atom. The summed E-state index contributed by atoms with van der Waals surface area (Å²) >= 11 is 5.89. The molecule has 0 saturated heterocycles. The number of carbonyl (C=O) groups excluding carboxylic acids is 1. The molecule has 0 saturated carbocycles. The van der Waals surface area contributed by atoms with Gasteiger partial charge in [-0.05, 0) is 32.0 Å². The minimum absolute atomic E-state index is 0.183. The molecule has 2 rings (SSSR count). The number of carbonyl (C=O) groups is 1. The monoisotopic (exact) mass is 338 g/mol. The van der Waals surface area contributed by atoms with E-state index in [1.54, 1.807) is 19.1 Å². The third-order valence-corrected chi connectivity index (χ3v) is 3.11. The van der Waals surface area contributed by atoms with Gasteiger partial charge in [0, 0.05) is 18.0 Å². The van der Waals surface area contributed by atoms with Crippen molar-refractivity contribution in [2.24, 2.45) is 0 Å². The van der Waals surface area contributed by atoms with Crippen molar-refractivity contribution in [2.45, 2.75) is 26.4 Å². The lowest BCUT2D eigenvalue weighted by Gasteiger charge is -2.15. The van der Waals surface area contributed by atoms with Crippen LogP contribution in [0, 0.1) is 6.92 Å². The van der Waals surface area contributed by atoms with E-state index < -0.39 is 0 Å². The highest BCUT2D eigenvalue weighted by molar-refractivity contribution is 6.30. The van der Waals surface area contributed by atoms with Gasteiger partial charge >= 0.3 is 6.03 Å². The van der Waals surface area contributed by atoms with E-state index in [9.17, 15) is 4.79 Å². The molecule has 7 nitrogen and oxygen atoms in total. The number of halogens is 1. The van der Waals surface area contributed by atoms with Crippen molar-refractivity contribution in [3.05, 3.63) is 41.0 Å². The Balaban J connectivity index is 1.63. The largest absolute Gasteiger partial charge is 0.489 e. The van der Waals surface area contributed by atoms with Gasteiger partial charge in [-0.2, -0.15) is 4.98 Å². The summed E-state index contributed by atoms with van der Waals surface area (Å²) in [7, 11) is 0. The summed E-state index contributed by atoms with van der Waals surface area (Å²) in [5.41, 5.74) is 0. The average molecular weight is 339 g/mol. The van der Waals surface area contributed by atoms with Crippen LogP contribution in [0.1, 0.15) is 18.6 Å². The van der Waals surface area contributed by atoms with Crippen molar-refractivity contribution in [2.75, 3.05) is 13.1 Å². The van der Waals surface area contributed by atoms with E-state index in [1.165, 1.54) is 0 Å². The Bertz CT molecular complexity index is 647. The van der Waals surface area contributed by atoms with E-state index in [0.717, 1.165) is 0 Å². The number of nitrogens with one attached hydrogen (secondary N) is 2. The third kappa shape index (κ3) is 6.15. The lowest BCUT2D eigenvalue weighted by Crippen LogP contribution is -2.41. The van der Waals surface area contributed by atoms with Gasteiger partial charge in [0.25, 0.3) is 0 Å². The maximum absolute atomic E-state index is 11.7. The second-order valence-corrected chi connectivity index (χ2v) is 5.44. The van der Waals surface area contributed by atoms with Crippen molar-refractivity contribution < 1.29 is 14.1 Å². The van der Waals surface area contributed by atoms with Crippen LogP contribution in [0.2, 0.25) is 5.02 Å². The molecule has 1 atom stereocenters. The van der Waals surface area contributed by atoms with Crippen molar-refractivity contribution in [3.8, 4) is 5.75 Å². The Hall–Kier alpha value is -2.28. The zero-order valence-corrected chi connectivity index (χ0v) is 13.8. The first-order chi connectivity index (χ1) is 11.0. The fraction of sp³-hybridized carbons (Fsp3) is 0.400. The van der Waals surface area contributed by atoms with E-state index in [-0.39, 0.29) is 12.1 Å². The normalized spacial score (nSPS) is 11.8. The second kappa shape index (κ2) is 8.38.